The van der Waals surface area contributed by atoms with Gasteiger partial charge in [-0.3, -0.25) is 4.79 Å². The normalized spacial score (nSPS) is 12.0. The van der Waals surface area contributed by atoms with Crippen LogP contribution >= 0.6 is 11.6 Å². The van der Waals surface area contributed by atoms with Crippen molar-refractivity contribution in [1.82, 2.24) is 9.88 Å². The number of hydrogen-bond donors (Lipinski definition) is 2. The van der Waals surface area contributed by atoms with Crippen LogP contribution in [0.1, 0.15) is 28.9 Å². The molecule has 3 N–H and O–H groups in total. The molecule has 1 amide bonds. The summed E-state index contributed by atoms with van der Waals surface area (Å²) in [6, 6.07) is 8.10. The van der Waals surface area contributed by atoms with Gasteiger partial charge in [0.15, 0.2) is 0 Å². The Hall–Kier alpha value is -2.27. The number of para-hydroxylation sites is 1. The summed E-state index contributed by atoms with van der Waals surface area (Å²) in [6.07, 6.45) is 1.39. The van der Waals surface area contributed by atoms with Gasteiger partial charge in [0.25, 0.3) is 5.91 Å². The zero-order valence-corrected chi connectivity index (χ0v) is 12.5. The van der Waals surface area contributed by atoms with Gasteiger partial charge in [-0.1, -0.05) is 29.8 Å². The lowest BCUT2D eigenvalue weighted by Gasteiger charge is -2.26. The van der Waals surface area contributed by atoms with Crippen molar-refractivity contribution in [2.24, 2.45) is 0 Å². The molecular formula is C15H16ClN3O2. The summed E-state index contributed by atoms with van der Waals surface area (Å²) in [5, 5.41) is 10.1. The number of halogens is 1. The Kier molecular flexibility index (Phi) is 4.33. The molecule has 2 aromatic rings. The second-order valence-corrected chi connectivity index (χ2v) is 5.15. The summed E-state index contributed by atoms with van der Waals surface area (Å²) >= 11 is 5.89. The minimum Gasteiger partial charge on any atom is -0.508 e. The number of aromatic nitrogens is 1. The molecule has 0 saturated carbocycles. The van der Waals surface area contributed by atoms with Crippen molar-refractivity contribution in [1.29, 1.82) is 0 Å². The fraction of sp³-hybridized carbons (Fsp3) is 0.200. The zero-order valence-electron chi connectivity index (χ0n) is 11.7. The molecule has 1 aromatic carbocycles. The second-order valence-electron chi connectivity index (χ2n) is 4.74. The first-order chi connectivity index (χ1) is 9.91. The van der Waals surface area contributed by atoms with Gasteiger partial charge in [0.05, 0.1) is 16.6 Å². The van der Waals surface area contributed by atoms with E-state index in [1.54, 1.807) is 25.2 Å². The molecule has 0 radical (unpaired) electrons. The van der Waals surface area contributed by atoms with E-state index in [0.29, 0.717) is 11.1 Å². The third-order valence-corrected chi connectivity index (χ3v) is 3.71. The maximum atomic E-state index is 12.4. The van der Waals surface area contributed by atoms with Crippen molar-refractivity contribution < 1.29 is 9.90 Å². The summed E-state index contributed by atoms with van der Waals surface area (Å²) in [6.45, 7) is 1.83. The lowest BCUT2D eigenvalue weighted by molar-refractivity contribution is 0.0741. The number of amides is 1. The summed E-state index contributed by atoms with van der Waals surface area (Å²) in [5.41, 5.74) is 6.55. The predicted octanol–water partition coefficient (Wildman–Crippen LogP) is 2.86. The van der Waals surface area contributed by atoms with E-state index < -0.39 is 0 Å². The minimum absolute atomic E-state index is 0.151. The van der Waals surface area contributed by atoms with Crippen LogP contribution in [-0.4, -0.2) is 27.9 Å². The number of aromatic hydroxyl groups is 1. The molecule has 0 aliphatic rings. The van der Waals surface area contributed by atoms with Gasteiger partial charge in [0.2, 0.25) is 0 Å². The Labute approximate surface area is 128 Å². The van der Waals surface area contributed by atoms with E-state index in [9.17, 15) is 9.90 Å². The molecule has 0 spiro atoms. The minimum atomic E-state index is -0.296. The van der Waals surface area contributed by atoms with Gasteiger partial charge in [-0.05, 0) is 19.1 Å². The van der Waals surface area contributed by atoms with Crippen molar-refractivity contribution in [3.8, 4) is 5.75 Å². The third-order valence-electron chi connectivity index (χ3n) is 3.40. The molecular weight excluding hydrogens is 290 g/mol. The van der Waals surface area contributed by atoms with E-state index in [4.69, 9.17) is 17.3 Å². The number of benzene rings is 1. The number of nitrogens with zero attached hydrogens (tertiary/aromatic N) is 2. The predicted molar refractivity (Wildman–Crippen MR) is 82.3 cm³/mol. The van der Waals surface area contributed by atoms with Crippen LogP contribution < -0.4 is 5.73 Å². The van der Waals surface area contributed by atoms with E-state index in [1.165, 1.54) is 17.2 Å². The van der Waals surface area contributed by atoms with E-state index >= 15 is 0 Å². The lowest BCUT2D eigenvalue weighted by atomic mass is 10.1. The Morgan fingerprint density at radius 2 is 2.10 bits per heavy atom. The Bertz CT molecular complexity index is 676. The number of nitrogens with two attached hydrogens (primary N) is 1. The fourth-order valence-electron chi connectivity index (χ4n) is 1.99. The second kappa shape index (κ2) is 6.01. The van der Waals surface area contributed by atoms with Crippen molar-refractivity contribution >= 4 is 23.3 Å². The Morgan fingerprint density at radius 1 is 1.43 bits per heavy atom. The molecule has 0 fully saturated rings. The zero-order chi connectivity index (χ0) is 15.6. The molecule has 0 aliphatic heterocycles. The monoisotopic (exact) mass is 305 g/mol. The smallest absolute Gasteiger partial charge is 0.255 e. The number of carbonyl (C=O) groups is 1. The summed E-state index contributed by atoms with van der Waals surface area (Å²) in [5.74, 6) is 0.0860. The molecule has 1 aromatic heterocycles. The van der Waals surface area contributed by atoms with Gasteiger partial charge < -0.3 is 15.7 Å². The SMILES string of the molecule is C[C@H](c1ccccc1O)N(C)C(=O)c1cnc(N)c(Cl)c1. The molecule has 1 atom stereocenters. The number of phenols is 1. The molecule has 2 rings (SSSR count). The first kappa shape index (κ1) is 15.1. The molecule has 6 heteroatoms. The summed E-state index contributed by atoms with van der Waals surface area (Å²) in [7, 11) is 1.66. The molecule has 0 bridgehead atoms. The summed E-state index contributed by atoms with van der Waals surface area (Å²) in [4.78, 5) is 17.8. The van der Waals surface area contributed by atoms with Gasteiger partial charge in [-0.15, -0.1) is 0 Å². The lowest BCUT2D eigenvalue weighted by Crippen LogP contribution is -2.29. The first-order valence-electron chi connectivity index (χ1n) is 6.38. The van der Waals surface area contributed by atoms with E-state index in [2.05, 4.69) is 4.98 Å². The average molecular weight is 306 g/mol. The highest BCUT2D eigenvalue weighted by Crippen LogP contribution is 2.28. The van der Waals surface area contributed by atoms with Crippen molar-refractivity contribution in [2.75, 3.05) is 12.8 Å². The number of anilines is 1. The van der Waals surface area contributed by atoms with Crippen LogP contribution in [0.3, 0.4) is 0 Å². The van der Waals surface area contributed by atoms with Crippen molar-refractivity contribution in [3.05, 3.63) is 52.7 Å². The van der Waals surface area contributed by atoms with Gasteiger partial charge in [0, 0.05) is 18.8 Å². The number of rotatable bonds is 3. The molecule has 1 heterocycles. The van der Waals surface area contributed by atoms with Gasteiger partial charge in [0.1, 0.15) is 11.6 Å². The van der Waals surface area contributed by atoms with Gasteiger partial charge >= 0.3 is 0 Å². The van der Waals surface area contributed by atoms with Gasteiger partial charge in [-0.25, -0.2) is 4.98 Å². The highest BCUT2D eigenvalue weighted by molar-refractivity contribution is 6.33. The molecule has 0 saturated heterocycles. The fourth-order valence-corrected chi connectivity index (χ4v) is 2.16. The molecule has 0 aliphatic carbocycles. The molecule has 110 valence electrons. The van der Waals surface area contributed by atoms with E-state index in [-0.39, 0.29) is 28.5 Å². The topological polar surface area (TPSA) is 79.5 Å². The highest BCUT2D eigenvalue weighted by atomic mass is 35.5. The maximum Gasteiger partial charge on any atom is 0.255 e. The Balaban J connectivity index is 2.26. The quantitative estimate of drug-likeness (QED) is 0.914. The largest absolute Gasteiger partial charge is 0.508 e. The molecule has 0 unspecified atom stereocenters. The molecule has 5 nitrogen and oxygen atoms in total. The van der Waals surface area contributed by atoms with Crippen molar-refractivity contribution in [3.63, 3.8) is 0 Å². The van der Waals surface area contributed by atoms with E-state index in [1.807, 2.05) is 13.0 Å². The molecule has 21 heavy (non-hydrogen) atoms. The first-order valence-corrected chi connectivity index (χ1v) is 6.75. The average Bonchev–Trinajstić information content (AvgIpc) is 2.48. The summed E-state index contributed by atoms with van der Waals surface area (Å²) < 4.78 is 0. The number of pyridine rings is 1. The number of hydrogen-bond acceptors (Lipinski definition) is 4. The van der Waals surface area contributed by atoms with Crippen LogP contribution in [0.4, 0.5) is 5.82 Å². The van der Waals surface area contributed by atoms with Crippen LogP contribution in [0.15, 0.2) is 36.5 Å². The number of phenolic OH excluding ortho intramolecular Hbond substituents is 1. The Morgan fingerprint density at radius 3 is 2.71 bits per heavy atom. The maximum absolute atomic E-state index is 12.4. The van der Waals surface area contributed by atoms with Gasteiger partial charge in [-0.2, -0.15) is 0 Å². The highest BCUT2D eigenvalue weighted by Gasteiger charge is 2.21. The van der Waals surface area contributed by atoms with Crippen LogP contribution in [0.2, 0.25) is 5.02 Å². The van der Waals surface area contributed by atoms with Crippen molar-refractivity contribution in [2.45, 2.75) is 13.0 Å². The third kappa shape index (κ3) is 3.08. The van der Waals surface area contributed by atoms with E-state index in [0.717, 1.165) is 0 Å². The van der Waals surface area contributed by atoms with Crippen LogP contribution in [0, 0.1) is 0 Å². The van der Waals surface area contributed by atoms with Crippen LogP contribution in [0.5, 0.6) is 5.75 Å². The van der Waals surface area contributed by atoms with Crippen LogP contribution in [-0.2, 0) is 0 Å². The van der Waals surface area contributed by atoms with Crippen LogP contribution in [0.25, 0.3) is 0 Å². The number of nitrogen functional groups attached to an aromatic ring is 1. The number of carbonyl (C=O) groups excluding carboxylic acids is 1. The standard InChI is InChI=1S/C15H16ClN3O2/c1-9(11-5-3-4-6-13(11)20)19(2)15(21)10-7-12(16)14(17)18-8-10/h3-9,20H,1-2H3,(H2,17,18)/t9-/m1/s1.